The first kappa shape index (κ1) is 16.5. The second kappa shape index (κ2) is 7.40. The number of aryl methyl sites for hydroxylation is 2. The molecule has 1 aromatic heterocycles. The van der Waals surface area contributed by atoms with Crippen LogP contribution in [0.25, 0.3) is 0 Å². The molecule has 1 aromatic carbocycles. The van der Waals surface area contributed by atoms with E-state index in [0.717, 1.165) is 11.3 Å². The highest BCUT2D eigenvalue weighted by atomic mass is 16.2. The maximum Gasteiger partial charge on any atom is 0.253 e. The van der Waals surface area contributed by atoms with E-state index in [4.69, 9.17) is 0 Å². The van der Waals surface area contributed by atoms with Crippen LogP contribution in [0.4, 0.5) is 0 Å². The second-order valence-electron chi connectivity index (χ2n) is 5.27. The number of carbonyl (C=O) groups is 2. The molecule has 0 fully saturated rings. The first-order chi connectivity index (χ1) is 11.0. The number of pyridine rings is 1. The molecule has 0 spiro atoms. The van der Waals surface area contributed by atoms with Crippen LogP contribution >= 0.6 is 0 Å². The summed E-state index contributed by atoms with van der Waals surface area (Å²) >= 11 is 0. The van der Waals surface area contributed by atoms with Gasteiger partial charge in [0.15, 0.2) is 0 Å². The van der Waals surface area contributed by atoms with Crippen LogP contribution < -0.4 is 16.2 Å². The zero-order chi connectivity index (χ0) is 16.8. The van der Waals surface area contributed by atoms with Gasteiger partial charge in [-0.1, -0.05) is 18.2 Å². The molecule has 23 heavy (non-hydrogen) atoms. The predicted molar refractivity (Wildman–Crippen MR) is 87.2 cm³/mol. The SMILES string of the molecule is Cc1cc(C)c(CNC(=O)CNC(=O)c2ccccc2)c(=O)[nH]1. The average Bonchev–Trinajstić information content (AvgIpc) is 2.52. The van der Waals surface area contributed by atoms with Crippen molar-refractivity contribution in [2.75, 3.05) is 6.54 Å². The van der Waals surface area contributed by atoms with Crippen LogP contribution in [0, 0.1) is 13.8 Å². The van der Waals surface area contributed by atoms with E-state index in [-0.39, 0.29) is 30.5 Å². The molecule has 0 radical (unpaired) electrons. The molecule has 0 unspecified atom stereocenters. The molecule has 6 heteroatoms. The Kier molecular flexibility index (Phi) is 5.30. The van der Waals surface area contributed by atoms with Crippen molar-refractivity contribution < 1.29 is 9.59 Å². The molecule has 120 valence electrons. The summed E-state index contributed by atoms with van der Waals surface area (Å²) in [5, 5.41) is 5.17. The molecule has 0 bridgehead atoms. The third-order valence-corrected chi connectivity index (χ3v) is 3.40. The molecule has 0 aliphatic heterocycles. The topological polar surface area (TPSA) is 91.1 Å². The number of nitrogens with one attached hydrogen (secondary N) is 3. The Labute approximate surface area is 133 Å². The van der Waals surface area contributed by atoms with Gasteiger partial charge in [0.05, 0.1) is 6.54 Å². The van der Waals surface area contributed by atoms with Crippen molar-refractivity contribution in [2.24, 2.45) is 0 Å². The summed E-state index contributed by atoms with van der Waals surface area (Å²) in [6.45, 7) is 3.61. The fourth-order valence-corrected chi connectivity index (χ4v) is 2.20. The second-order valence-corrected chi connectivity index (χ2v) is 5.27. The van der Waals surface area contributed by atoms with Crippen molar-refractivity contribution in [2.45, 2.75) is 20.4 Å². The largest absolute Gasteiger partial charge is 0.350 e. The van der Waals surface area contributed by atoms with Crippen LogP contribution in [0.1, 0.15) is 27.2 Å². The minimum atomic E-state index is -0.353. The van der Waals surface area contributed by atoms with Gasteiger partial charge in [-0.05, 0) is 37.6 Å². The summed E-state index contributed by atoms with van der Waals surface area (Å²) in [5.41, 5.74) is 2.39. The van der Waals surface area contributed by atoms with Gasteiger partial charge in [-0.2, -0.15) is 0 Å². The normalized spacial score (nSPS) is 10.2. The van der Waals surface area contributed by atoms with Gasteiger partial charge in [0, 0.05) is 23.4 Å². The van der Waals surface area contributed by atoms with E-state index in [1.165, 1.54) is 0 Å². The molecule has 0 atom stereocenters. The van der Waals surface area contributed by atoms with Crippen molar-refractivity contribution in [1.82, 2.24) is 15.6 Å². The molecule has 0 saturated carbocycles. The Morgan fingerprint density at radius 3 is 2.43 bits per heavy atom. The molecule has 3 N–H and O–H groups in total. The van der Waals surface area contributed by atoms with Gasteiger partial charge in [0.25, 0.3) is 11.5 Å². The van der Waals surface area contributed by atoms with E-state index in [1.807, 2.05) is 19.1 Å². The Bertz CT molecular complexity index is 766. The summed E-state index contributed by atoms with van der Waals surface area (Å²) in [6.07, 6.45) is 0. The lowest BCUT2D eigenvalue weighted by Crippen LogP contribution is -2.37. The van der Waals surface area contributed by atoms with E-state index < -0.39 is 0 Å². The van der Waals surface area contributed by atoms with E-state index in [2.05, 4.69) is 15.6 Å². The number of benzene rings is 1. The monoisotopic (exact) mass is 313 g/mol. The van der Waals surface area contributed by atoms with Crippen LogP contribution in [0.3, 0.4) is 0 Å². The lowest BCUT2D eigenvalue weighted by molar-refractivity contribution is -0.120. The Hall–Kier alpha value is -2.89. The van der Waals surface area contributed by atoms with Crippen molar-refractivity contribution in [3.05, 3.63) is 69.1 Å². The third-order valence-electron chi connectivity index (χ3n) is 3.40. The minimum absolute atomic E-state index is 0.126. The molecule has 6 nitrogen and oxygen atoms in total. The molecule has 1 heterocycles. The molecular weight excluding hydrogens is 294 g/mol. The van der Waals surface area contributed by atoms with Gasteiger partial charge >= 0.3 is 0 Å². The van der Waals surface area contributed by atoms with Gasteiger partial charge in [-0.25, -0.2) is 0 Å². The van der Waals surface area contributed by atoms with Gasteiger partial charge in [0.2, 0.25) is 5.91 Å². The first-order valence-electron chi connectivity index (χ1n) is 7.26. The number of carbonyl (C=O) groups excluding carboxylic acids is 2. The number of H-pyrrole nitrogens is 1. The lowest BCUT2D eigenvalue weighted by Gasteiger charge is -2.09. The number of aromatic nitrogens is 1. The zero-order valence-electron chi connectivity index (χ0n) is 13.1. The zero-order valence-corrected chi connectivity index (χ0v) is 13.1. The molecule has 2 aromatic rings. The Morgan fingerprint density at radius 1 is 1.09 bits per heavy atom. The first-order valence-corrected chi connectivity index (χ1v) is 7.26. The Morgan fingerprint density at radius 2 is 1.78 bits per heavy atom. The van der Waals surface area contributed by atoms with Crippen LogP contribution in [-0.4, -0.2) is 23.3 Å². The minimum Gasteiger partial charge on any atom is -0.350 e. The van der Waals surface area contributed by atoms with Gasteiger partial charge < -0.3 is 15.6 Å². The summed E-state index contributed by atoms with van der Waals surface area (Å²) in [6, 6.07) is 10.5. The number of hydrogen-bond acceptors (Lipinski definition) is 3. The fourth-order valence-electron chi connectivity index (χ4n) is 2.20. The number of hydrogen-bond donors (Lipinski definition) is 3. The summed E-state index contributed by atoms with van der Waals surface area (Å²) in [5.74, 6) is -0.668. The van der Waals surface area contributed by atoms with Crippen LogP contribution in [0.15, 0.2) is 41.2 Å². The molecular formula is C17H19N3O3. The quantitative estimate of drug-likeness (QED) is 0.770. The Balaban J connectivity index is 1.87. The maximum absolute atomic E-state index is 11.8. The van der Waals surface area contributed by atoms with E-state index >= 15 is 0 Å². The highest BCUT2D eigenvalue weighted by Gasteiger charge is 2.09. The molecule has 0 aliphatic carbocycles. The van der Waals surface area contributed by atoms with E-state index in [1.54, 1.807) is 31.2 Å². The van der Waals surface area contributed by atoms with E-state index in [9.17, 15) is 14.4 Å². The van der Waals surface area contributed by atoms with Crippen LogP contribution in [0.5, 0.6) is 0 Å². The summed E-state index contributed by atoms with van der Waals surface area (Å²) in [7, 11) is 0. The number of rotatable bonds is 5. The smallest absolute Gasteiger partial charge is 0.253 e. The summed E-state index contributed by atoms with van der Waals surface area (Å²) < 4.78 is 0. The van der Waals surface area contributed by atoms with Crippen molar-refractivity contribution in [3.8, 4) is 0 Å². The standard InChI is InChI=1S/C17H19N3O3/c1-11-8-12(2)20-17(23)14(11)9-18-15(21)10-19-16(22)13-6-4-3-5-7-13/h3-8H,9-10H2,1-2H3,(H,18,21)(H,19,22)(H,20,23). The third kappa shape index (κ3) is 4.54. The average molecular weight is 313 g/mol. The predicted octanol–water partition coefficient (Wildman–Crippen LogP) is 1.04. The molecule has 0 aliphatic rings. The van der Waals surface area contributed by atoms with Gasteiger partial charge in [-0.15, -0.1) is 0 Å². The summed E-state index contributed by atoms with van der Waals surface area (Å²) in [4.78, 5) is 38.2. The number of aromatic amines is 1. The molecule has 2 amide bonds. The molecule has 2 rings (SSSR count). The van der Waals surface area contributed by atoms with Crippen molar-refractivity contribution >= 4 is 11.8 Å². The van der Waals surface area contributed by atoms with Gasteiger partial charge in [-0.3, -0.25) is 14.4 Å². The van der Waals surface area contributed by atoms with Crippen LogP contribution in [-0.2, 0) is 11.3 Å². The van der Waals surface area contributed by atoms with Crippen LogP contribution in [0.2, 0.25) is 0 Å². The van der Waals surface area contributed by atoms with Crippen molar-refractivity contribution in [1.29, 1.82) is 0 Å². The van der Waals surface area contributed by atoms with E-state index in [0.29, 0.717) is 11.1 Å². The highest BCUT2D eigenvalue weighted by molar-refractivity contribution is 5.96. The van der Waals surface area contributed by atoms with Crippen molar-refractivity contribution in [3.63, 3.8) is 0 Å². The van der Waals surface area contributed by atoms with Gasteiger partial charge in [0.1, 0.15) is 0 Å². The highest BCUT2D eigenvalue weighted by Crippen LogP contribution is 2.02. The fraction of sp³-hybridized carbons (Fsp3) is 0.235. The molecule has 0 saturated heterocycles. The lowest BCUT2D eigenvalue weighted by atomic mass is 10.1. The maximum atomic E-state index is 11.8. The number of amides is 2.